The monoisotopic (exact) mass is 265 g/mol. The fourth-order valence-electron chi connectivity index (χ4n) is 2.83. The molecule has 2 N–H and O–H groups in total. The second-order valence-electron chi connectivity index (χ2n) is 5.50. The van der Waals surface area contributed by atoms with Crippen LogP contribution < -0.4 is 5.32 Å². The van der Waals surface area contributed by atoms with Gasteiger partial charge in [-0.05, 0) is 44.6 Å². The van der Waals surface area contributed by atoms with E-state index in [0.29, 0.717) is 18.3 Å². The van der Waals surface area contributed by atoms with Gasteiger partial charge in [0.1, 0.15) is 5.76 Å². The van der Waals surface area contributed by atoms with Gasteiger partial charge in [-0.2, -0.15) is 0 Å². The third-order valence-corrected chi connectivity index (χ3v) is 4.24. The molecule has 1 fully saturated rings. The summed E-state index contributed by atoms with van der Waals surface area (Å²) in [5.74, 6) is 0.626. The van der Waals surface area contributed by atoms with Gasteiger partial charge in [-0.15, -0.1) is 0 Å². The fourth-order valence-corrected chi connectivity index (χ4v) is 2.83. The first-order chi connectivity index (χ1) is 9.10. The molecule has 0 bridgehead atoms. The van der Waals surface area contributed by atoms with Crippen LogP contribution in [0, 0.1) is 12.8 Å². The number of carboxylic acid groups (broad SMARTS) is 1. The Kier molecular flexibility index (Phi) is 4.64. The van der Waals surface area contributed by atoms with Crippen LogP contribution in [0.5, 0.6) is 0 Å². The summed E-state index contributed by atoms with van der Waals surface area (Å²) in [7, 11) is 0. The molecule has 4 heteroatoms. The van der Waals surface area contributed by atoms with E-state index in [1.54, 1.807) is 6.07 Å². The highest BCUT2D eigenvalue weighted by atomic mass is 16.4. The smallest absolute Gasteiger partial charge is 0.371 e. The lowest BCUT2D eigenvalue weighted by molar-refractivity contribution is 0.0661. The first-order valence-corrected chi connectivity index (χ1v) is 7.16. The Morgan fingerprint density at radius 2 is 2.11 bits per heavy atom. The summed E-state index contributed by atoms with van der Waals surface area (Å²) in [6.45, 7) is 4.78. The molecule has 2 rings (SSSR count). The normalized spacial score (nSPS) is 23.5. The van der Waals surface area contributed by atoms with Crippen LogP contribution in [0.4, 0.5) is 0 Å². The SMILES string of the molecule is CCC1CCC(NCc2cc(C(=O)O)oc2C)CC1. The first-order valence-electron chi connectivity index (χ1n) is 7.16. The van der Waals surface area contributed by atoms with Crippen molar-refractivity contribution in [3.8, 4) is 0 Å². The molecule has 0 aromatic carbocycles. The predicted octanol–water partition coefficient (Wildman–Crippen LogP) is 3.34. The number of furan rings is 1. The summed E-state index contributed by atoms with van der Waals surface area (Å²) in [5, 5.41) is 12.4. The summed E-state index contributed by atoms with van der Waals surface area (Å²) in [4.78, 5) is 10.8. The largest absolute Gasteiger partial charge is 0.475 e. The first kappa shape index (κ1) is 14.1. The van der Waals surface area contributed by atoms with Crippen molar-refractivity contribution in [3.63, 3.8) is 0 Å². The van der Waals surface area contributed by atoms with Crippen LogP contribution in [0.3, 0.4) is 0 Å². The van der Waals surface area contributed by atoms with E-state index in [9.17, 15) is 4.79 Å². The number of carbonyl (C=O) groups is 1. The Balaban J connectivity index is 1.84. The van der Waals surface area contributed by atoms with Gasteiger partial charge in [0.05, 0.1) is 0 Å². The summed E-state index contributed by atoms with van der Waals surface area (Å²) in [6, 6.07) is 2.19. The number of aryl methyl sites for hydroxylation is 1. The number of nitrogens with one attached hydrogen (secondary N) is 1. The lowest BCUT2D eigenvalue weighted by atomic mass is 9.84. The van der Waals surface area contributed by atoms with Gasteiger partial charge in [-0.3, -0.25) is 0 Å². The summed E-state index contributed by atoms with van der Waals surface area (Å²) in [6.07, 6.45) is 6.34. The molecule has 0 radical (unpaired) electrons. The van der Waals surface area contributed by atoms with Gasteiger partial charge in [-0.1, -0.05) is 13.3 Å². The van der Waals surface area contributed by atoms with E-state index in [1.807, 2.05) is 6.92 Å². The van der Waals surface area contributed by atoms with Crippen molar-refractivity contribution in [1.82, 2.24) is 5.32 Å². The lowest BCUT2D eigenvalue weighted by Crippen LogP contribution is -2.32. The number of hydrogen-bond donors (Lipinski definition) is 2. The molecule has 0 spiro atoms. The van der Waals surface area contributed by atoms with E-state index < -0.39 is 5.97 Å². The highest BCUT2D eigenvalue weighted by Gasteiger charge is 2.20. The molecule has 0 unspecified atom stereocenters. The quantitative estimate of drug-likeness (QED) is 0.857. The van der Waals surface area contributed by atoms with Gasteiger partial charge in [0.15, 0.2) is 0 Å². The average molecular weight is 265 g/mol. The Hall–Kier alpha value is -1.29. The molecular formula is C15H23NO3. The maximum atomic E-state index is 10.8. The van der Waals surface area contributed by atoms with Gasteiger partial charge in [-0.25, -0.2) is 4.79 Å². The fraction of sp³-hybridized carbons (Fsp3) is 0.667. The summed E-state index contributed by atoms with van der Waals surface area (Å²) in [5.41, 5.74) is 0.954. The molecule has 106 valence electrons. The number of aromatic carboxylic acids is 1. The molecule has 4 nitrogen and oxygen atoms in total. The third-order valence-electron chi connectivity index (χ3n) is 4.24. The van der Waals surface area contributed by atoms with Crippen LogP contribution in [0.25, 0.3) is 0 Å². The van der Waals surface area contributed by atoms with Crippen molar-refractivity contribution >= 4 is 5.97 Å². The van der Waals surface area contributed by atoms with Crippen LogP contribution in [0.1, 0.15) is 60.9 Å². The molecule has 0 saturated heterocycles. The molecule has 19 heavy (non-hydrogen) atoms. The molecule has 1 aliphatic rings. The zero-order valence-corrected chi connectivity index (χ0v) is 11.7. The molecule has 0 aliphatic heterocycles. The van der Waals surface area contributed by atoms with Crippen molar-refractivity contribution in [2.75, 3.05) is 0 Å². The molecule has 0 amide bonds. The minimum atomic E-state index is -1.00. The van der Waals surface area contributed by atoms with Crippen LogP contribution in [0.2, 0.25) is 0 Å². The van der Waals surface area contributed by atoms with Gasteiger partial charge in [0, 0.05) is 18.2 Å². The van der Waals surface area contributed by atoms with Crippen molar-refractivity contribution in [2.24, 2.45) is 5.92 Å². The average Bonchev–Trinajstić information content (AvgIpc) is 2.79. The topological polar surface area (TPSA) is 62.5 Å². The van der Waals surface area contributed by atoms with E-state index in [1.165, 1.54) is 32.1 Å². The molecular weight excluding hydrogens is 242 g/mol. The highest BCUT2D eigenvalue weighted by Crippen LogP contribution is 2.26. The van der Waals surface area contributed by atoms with Crippen molar-refractivity contribution in [2.45, 2.75) is 58.5 Å². The molecule has 1 heterocycles. The van der Waals surface area contributed by atoms with Crippen LogP contribution >= 0.6 is 0 Å². The van der Waals surface area contributed by atoms with Gasteiger partial charge in [0.25, 0.3) is 0 Å². The van der Waals surface area contributed by atoms with Crippen LogP contribution in [-0.2, 0) is 6.54 Å². The van der Waals surface area contributed by atoms with Gasteiger partial charge < -0.3 is 14.8 Å². The van der Waals surface area contributed by atoms with Gasteiger partial charge in [0.2, 0.25) is 5.76 Å². The Morgan fingerprint density at radius 3 is 2.63 bits per heavy atom. The maximum absolute atomic E-state index is 10.8. The number of rotatable bonds is 5. The second kappa shape index (κ2) is 6.24. The van der Waals surface area contributed by atoms with Crippen molar-refractivity contribution in [1.29, 1.82) is 0 Å². The Labute approximate surface area is 114 Å². The third kappa shape index (κ3) is 3.60. The maximum Gasteiger partial charge on any atom is 0.371 e. The van der Waals surface area contributed by atoms with E-state index in [2.05, 4.69) is 12.2 Å². The van der Waals surface area contributed by atoms with E-state index in [4.69, 9.17) is 9.52 Å². The van der Waals surface area contributed by atoms with Crippen LogP contribution in [0.15, 0.2) is 10.5 Å². The molecule has 1 aliphatic carbocycles. The zero-order chi connectivity index (χ0) is 13.8. The lowest BCUT2D eigenvalue weighted by Gasteiger charge is -2.28. The number of carboxylic acids is 1. The van der Waals surface area contributed by atoms with E-state index >= 15 is 0 Å². The summed E-state index contributed by atoms with van der Waals surface area (Å²) < 4.78 is 5.21. The highest BCUT2D eigenvalue weighted by molar-refractivity contribution is 5.84. The standard InChI is InChI=1S/C15H23NO3/c1-3-11-4-6-13(7-5-11)16-9-12-8-14(15(17)18)19-10(12)2/h8,11,13,16H,3-7,9H2,1-2H3,(H,17,18). The second-order valence-corrected chi connectivity index (χ2v) is 5.50. The molecule has 0 atom stereocenters. The molecule has 1 saturated carbocycles. The molecule has 1 aromatic heterocycles. The number of hydrogen-bond acceptors (Lipinski definition) is 3. The summed E-state index contributed by atoms with van der Waals surface area (Å²) >= 11 is 0. The Bertz CT molecular complexity index is 431. The van der Waals surface area contributed by atoms with Crippen molar-refractivity contribution < 1.29 is 14.3 Å². The minimum Gasteiger partial charge on any atom is -0.475 e. The predicted molar refractivity (Wildman–Crippen MR) is 73.3 cm³/mol. The van der Waals surface area contributed by atoms with Gasteiger partial charge >= 0.3 is 5.97 Å². The van der Waals surface area contributed by atoms with E-state index in [0.717, 1.165) is 11.5 Å². The van der Waals surface area contributed by atoms with Crippen molar-refractivity contribution in [3.05, 3.63) is 23.2 Å². The van der Waals surface area contributed by atoms with Crippen LogP contribution in [-0.4, -0.2) is 17.1 Å². The minimum absolute atomic E-state index is 0.0315. The Morgan fingerprint density at radius 1 is 1.42 bits per heavy atom. The zero-order valence-electron chi connectivity index (χ0n) is 11.7. The molecule has 1 aromatic rings. The van der Waals surface area contributed by atoms with E-state index in [-0.39, 0.29) is 5.76 Å².